The number of hydrogen-bond acceptors (Lipinski definition) is 5. The predicted molar refractivity (Wildman–Crippen MR) is 68.6 cm³/mol. The van der Waals surface area contributed by atoms with Gasteiger partial charge >= 0.3 is 5.97 Å². The molecule has 0 fully saturated rings. The summed E-state index contributed by atoms with van der Waals surface area (Å²) in [5, 5.41) is 14.8. The van der Waals surface area contributed by atoms with Crippen LogP contribution in [0.5, 0.6) is 0 Å². The molecule has 90 valence electrons. The Balaban J connectivity index is 2.27. The quantitative estimate of drug-likeness (QED) is 0.905. The number of hydrogen-bond donors (Lipinski definition) is 1. The zero-order chi connectivity index (χ0) is 12.3. The second-order valence-electron chi connectivity index (χ2n) is 3.55. The number of carbonyl (C=O) groups is 1. The molecule has 4 nitrogen and oxygen atoms in total. The first-order valence-electron chi connectivity index (χ1n) is 5.32. The van der Waals surface area contributed by atoms with Crippen LogP contribution in [0.4, 0.5) is 0 Å². The van der Waals surface area contributed by atoms with Crippen LogP contribution in [0.1, 0.15) is 23.1 Å². The van der Waals surface area contributed by atoms with Gasteiger partial charge in [-0.15, -0.1) is 16.4 Å². The minimum Gasteiger partial charge on any atom is -0.481 e. The van der Waals surface area contributed by atoms with Crippen molar-refractivity contribution in [3.05, 3.63) is 21.2 Å². The van der Waals surface area contributed by atoms with Gasteiger partial charge in [-0.25, -0.2) is 0 Å². The zero-order valence-electron chi connectivity index (χ0n) is 9.34. The zero-order valence-corrected chi connectivity index (χ0v) is 11.0. The van der Waals surface area contributed by atoms with Gasteiger partial charge in [0.05, 0.1) is 11.3 Å². The van der Waals surface area contributed by atoms with Crippen molar-refractivity contribution >= 4 is 28.8 Å². The number of thiophene rings is 1. The Labute approximate surface area is 107 Å². The second kappa shape index (κ2) is 5.37. The van der Waals surface area contributed by atoms with Crippen LogP contribution in [0, 0.1) is 0 Å². The predicted octanol–water partition coefficient (Wildman–Crippen LogP) is 2.85. The van der Waals surface area contributed by atoms with Crippen molar-refractivity contribution < 1.29 is 9.90 Å². The highest BCUT2D eigenvalue weighted by Gasteiger charge is 2.14. The lowest BCUT2D eigenvalue weighted by atomic mass is 10.1. The van der Waals surface area contributed by atoms with Gasteiger partial charge in [0.15, 0.2) is 0 Å². The maximum absolute atomic E-state index is 10.6. The molecule has 0 bridgehead atoms. The number of aliphatic carboxylic acids is 1. The van der Waals surface area contributed by atoms with Crippen LogP contribution in [0.15, 0.2) is 11.4 Å². The SMILES string of the molecule is CCc1snnc1-c1ccsc1CCC(=O)O. The molecule has 0 atom stereocenters. The average molecular weight is 268 g/mol. The molecule has 2 aromatic rings. The first kappa shape index (κ1) is 12.2. The lowest BCUT2D eigenvalue weighted by Crippen LogP contribution is -1.97. The van der Waals surface area contributed by atoms with E-state index < -0.39 is 5.97 Å². The molecule has 2 heterocycles. The highest BCUT2D eigenvalue weighted by Crippen LogP contribution is 2.31. The number of carboxylic acids is 1. The summed E-state index contributed by atoms with van der Waals surface area (Å²) >= 11 is 2.99. The van der Waals surface area contributed by atoms with Crippen LogP contribution in [-0.2, 0) is 17.6 Å². The summed E-state index contributed by atoms with van der Waals surface area (Å²) in [6, 6.07) is 2.00. The Morgan fingerprint density at radius 2 is 2.29 bits per heavy atom. The first-order chi connectivity index (χ1) is 8.22. The highest BCUT2D eigenvalue weighted by molar-refractivity contribution is 7.10. The summed E-state index contributed by atoms with van der Waals surface area (Å²) in [6.45, 7) is 2.07. The molecule has 0 aromatic carbocycles. The normalized spacial score (nSPS) is 10.6. The molecule has 2 rings (SSSR count). The third kappa shape index (κ3) is 2.70. The summed E-state index contributed by atoms with van der Waals surface area (Å²) in [4.78, 5) is 12.8. The Morgan fingerprint density at radius 1 is 1.47 bits per heavy atom. The van der Waals surface area contributed by atoms with Crippen LogP contribution in [0.2, 0.25) is 0 Å². The van der Waals surface area contributed by atoms with Crippen molar-refractivity contribution in [2.75, 3.05) is 0 Å². The van der Waals surface area contributed by atoms with Crippen molar-refractivity contribution in [3.63, 3.8) is 0 Å². The number of aromatic nitrogens is 2. The number of nitrogens with zero attached hydrogens (tertiary/aromatic N) is 2. The maximum atomic E-state index is 10.6. The van der Waals surface area contributed by atoms with Crippen molar-refractivity contribution in [2.24, 2.45) is 0 Å². The van der Waals surface area contributed by atoms with Gasteiger partial charge < -0.3 is 5.11 Å². The monoisotopic (exact) mass is 268 g/mol. The Kier molecular flexibility index (Phi) is 3.86. The van der Waals surface area contributed by atoms with Gasteiger partial charge in [0, 0.05) is 10.4 Å². The molecule has 0 saturated heterocycles. The van der Waals surface area contributed by atoms with Crippen LogP contribution in [0.3, 0.4) is 0 Å². The summed E-state index contributed by atoms with van der Waals surface area (Å²) < 4.78 is 3.97. The van der Waals surface area contributed by atoms with Crippen LogP contribution >= 0.6 is 22.9 Å². The molecule has 1 N–H and O–H groups in total. The fourth-order valence-corrected chi connectivity index (χ4v) is 3.08. The van der Waals surface area contributed by atoms with E-state index in [0.717, 1.165) is 27.4 Å². The summed E-state index contributed by atoms with van der Waals surface area (Å²) in [5.41, 5.74) is 1.96. The lowest BCUT2D eigenvalue weighted by Gasteiger charge is -2.00. The van der Waals surface area contributed by atoms with E-state index >= 15 is 0 Å². The minimum absolute atomic E-state index is 0.159. The van der Waals surface area contributed by atoms with Gasteiger partial charge in [-0.3, -0.25) is 4.79 Å². The van der Waals surface area contributed by atoms with E-state index in [9.17, 15) is 4.79 Å². The molecular formula is C11H12N2O2S2. The van der Waals surface area contributed by atoms with Crippen molar-refractivity contribution in [3.8, 4) is 11.3 Å². The maximum Gasteiger partial charge on any atom is 0.303 e. The van der Waals surface area contributed by atoms with E-state index in [0.29, 0.717) is 6.42 Å². The number of carboxylic acid groups (broad SMARTS) is 1. The molecule has 0 aliphatic heterocycles. The molecule has 2 aromatic heterocycles. The van der Waals surface area contributed by atoms with Crippen LogP contribution in [0.25, 0.3) is 11.3 Å². The van der Waals surface area contributed by atoms with E-state index in [1.165, 1.54) is 11.5 Å². The molecule has 0 amide bonds. The molecule has 17 heavy (non-hydrogen) atoms. The van der Waals surface area contributed by atoms with E-state index in [2.05, 4.69) is 16.5 Å². The molecule has 0 saturated carbocycles. The van der Waals surface area contributed by atoms with Crippen LogP contribution < -0.4 is 0 Å². The van der Waals surface area contributed by atoms with Gasteiger partial charge in [0.25, 0.3) is 0 Å². The fourth-order valence-electron chi connectivity index (χ4n) is 1.61. The molecule has 0 radical (unpaired) electrons. The third-order valence-electron chi connectivity index (χ3n) is 2.44. The topological polar surface area (TPSA) is 63.1 Å². The van der Waals surface area contributed by atoms with Gasteiger partial charge in [0.2, 0.25) is 0 Å². The highest BCUT2D eigenvalue weighted by atomic mass is 32.1. The summed E-state index contributed by atoms with van der Waals surface area (Å²) in [7, 11) is 0. The minimum atomic E-state index is -0.767. The van der Waals surface area contributed by atoms with Crippen LogP contribution in [-0.4, -0.2) is 20.7 Å². The number of rotatable bonds is 5. The van der Waals surface area contributed by atoms with E-state index in [-0.39, 0.29) is 6.42 Å². The largest absolute Gasteiger partial charge is 0.481 e. The molecule has 6 heteroatoms. The van der Waals surface area contributed by atoms with Crippen molar-refractivity contribution in [1.29, 1.82) is 0 Å². The van der Waals surface area contributed by atoms with Crippen molar-refractivity contribution in [1.82, 2.24) is 9.59 Å². The van der Waals surface area contributed by atoms with Gasteiger partial charge in [-0.1, -0.05) is 11.4 Å². The van der Waals surface area contributed by atoms with Crippen molar-refractivity contribution in [2.45, 2.75) is 26.2 Å². The molecule has 0 aliphatic carbocycles. The number of aryl methyl sites for hydroxylation is 2. The van der Waals surface area contributed by atoms with E-state index in [1.807, 2.05) is 11.4 Å². The average Bonchev–Trinajstić information content (AvgIpc) is 2.93. The standard InChI is InChI=1S/C11H12N2O2S2/c1-2-8-11(12-13-17-8)7-5-6-16-9(7)3-4-10(14)15/h5-6H,2-4H2,1H3,(H,14,15). The molecule has 0 unspecified atom stereocenters. The van der Waals surface area contributed by atoms with Gasteiger partial charge in [0.1, 0.15) is 5.69 Å². The molecular weight excluding hydrogens is 256 g/mol. The Hall–Kier alpha value is -1.27. The third-order valence-corrected chi connectivity index (χ3v) is 4.29. The lowest BCUT2D eigenvalue weighted by molar-refractivity contribution is -0.136. The van der Waals surface area contributed by atoms with Gasteiger partial charge in [-0.05, 0) is 35.8 Å². The van der Waals surface area contributed by atoms with E-state index in [1.54, 1.807) is 11.3 Å². The molecule has 0 aliphatic rings. The second-order valence-corrected chi connectivity index (χ2v) is 5.39. The molecule has 0 spiro atoms. The Morgan fingerprint density at radius 3 is 3.00 bits per heavy atom. The smallest absolute Gasteiger partial charge is 0.303 e. The Bertz CT molecular complexity index is 519. The summed E-state index contributed by atoms with van der Waals surface area (Å²) in [5.74, 6) is -0.767. The van der Waals surface area contributed by atoms with E-state index in [4.69, 9.17) is 5.11 Å². The first-order valence-corrected chi connectivity index (χ1v) is 6.97. The fraction of sp³-hybridized carbons (Fsp3) is 0.364. The summed E-state index contributed by atoms with van der Waals surface area (Å²) in [6.07, 6.45) is 1.62. The van der Waals surface area contributed by atoms with Gasteiger partial charge in [-0.2, -0.15) is 0 Å².